The van der Waals surface area contributed by atoms with E-state index < -0.39 is 0 Å². The molecule has 1 aromatic carbocycles. The molecule has 2 rings (SSSR count). The van der Waals surface area contributed by atoms with E-state index in [1.165, 1.54) is 11.1 Å². The summed E-state index contributed by atoms with van der Waals surface area (Å²) in [6.45, 7) is 0. The molecule has 0 aliphatic carbocycles. The second kappa shape index (κ2) is 5.55. The minimum absolute atomic E-state index is 0.381. The van der Waals surface area contributed by atoms with Gasteiger partial charge in [-0.3, -0.25) is 0 Å². The average Bonchev–Trinajstić information content (AvgIpc) is 2.80. The quantitative estimate of drug-likeness (QED) is 0.749. The summed E-state index contributed by atoms with van der Waals surface area (Å²) < 4.78 is 5.08. The molecule has 0 saturated heterocycles. The molecule has 0 bridgehead atoms. The van der Waals surface area contributed by atoms with Gasteiger partial charge in [0.25, 0.3) is 0 Å². The first-order valence-electron chi connectivity index (χ1n) is 5.12. The Kier molecular flexibility index (Phi) is 4.08. The number of halogens is 2. The Bertz CT molecular complexity index is 439. The van der Waals surface area contributed by atoms with Crippen molar-refractivity contribution in [3.05, 3.63) is 59.0 Å². The van der Waals surface area contributed by atoms with Crippen LogP contribution in [0.3, 0.4) is 0 Å². The van der Waals surface area contributed by atoms with Crippen LogP contribution in [-0.4, -0.2) is 5.33 Å². The first kappa shape index (κ1) is 11.7. The van der Waals surface area contributed by atoms with E-state index in [-0.39, 0.29) is 0 Å². The molecule has 16 heavy (non-hydrogen) atoms. The highest BCUT2D eigenvalue weighted by atomic mass is 79.9. The van der Waals surface area contributed by atoms with Crippen molar-refractivity contribution in [3.63, 3.8) is 0 Å². The van der Waals surface area contributed by atoms with E-state index in [1.807, 2.05) is 24.3 Å². The Balaban J connectivity index is 2.20. The van der Waals surface area contributed by atoms with E-state index >= 15 is 0 Å². The van der Waals surface area contributed by atoms with Crippen molar-refractivity contribution in [2.45, 2.75) is 12.3 Å². The molecule has 3 heteroatoms. The molecule has 84 valence electrons. The van der Waals surface area contributed by atoms with Gasteiger partial charge in [-0.1, -0.05) is 45.7 Å². The largest absolute Gasteiger partial charge is 0.472 e. The molecule has 1 aromatic heterocycles. The van der Waals surface area contributed by atoms with Gasteiger partial charge in [-0.15, -0.1) is 0 Å². The van der Waals surface area contributed by atoms with Crippen LogP contribution in [0.4, 0.5) is 0 Å². The van der Waals surface area contributed by atoms with Gasteiger partial charge in [-0.2, -0.15) is 0 Å². The van der Waals surface area contributed by atoms with Crippen LogP contribution in [0, 0.1) is 0 Å². The number of rotatable bonds is 4. The molecule has 1 unspecified atom stereocenters. The molecule has 0 aliphatic heterocycles. The molecule has 1 heterocycles. The fourth-order valence-corrected chi connectivity index (χ4v) is 2.61. The maximum Gasteiger partial charge on any atom is 0.0934 e. The van der Waals surface area contributed by atoms with Crippen LogP contribution >= 0.6 is 27.5 Å². The molecule has 2 aromatic rings. The standard InChI is InChI=1S/C13H12BrClO/c14-8-11(7-10-5-6-16-9-10)12-3-1-2-4-13(12)15/h1-6,9,11H,7-8H2. The third-order valence-corrected chi connectivity index (χ3v) is 3.72. The maximum atomic E-state index is 6.19. The van der Waals surface area contributed by atoms with Gasteiger partial charge in [0, 0.05) is 10.4 Å². The normalized spacial score (nSPS) is 12.6. The van der Waals surface area contributed by atoms with Crippen LogP contribution in [0.15, 0.2) is 47.3 Å². The molecular weight excluding hydrogens is 287 g/mol. The van der Waals surface area contributed by atoms with Crippen molar-refractivity contribution in [3.8, 4) is 0 Å². The molecule has 1 atom stereocenters. The van der Waals surface area contributed by atoms with Crippen molar-refractivity contribution < 1.29 is 4.42 Å². The van der Waals surface area contributed by atoms with E-state index in [2.05, 4.69) is 22.0 Å². The Labute approximate surface area is 109 Å². The first-order chi connectivity index (χ1) is 7.81. The first-order valence-corrected chi connectivity index (χ1v) is 6.62. The van der Waals surface area contributed by atoms with E-state index in [0.717, 1.165) is 16.8 Å². The predicted octanol–water partition coefficient (Wildman–Crippen LogP) is 4.65. The Morgan fingerprint density at radius 3 is 2.69 bits per heavy atom. The average molecular weight is 300 g/mol. The summed E-state index contributed by atoms with van der Waals surface area (Å²) in [5.41, 5.74) is 2.38. The molecule has 0 aliphatic rings. The van der Waals surface area contributed by atoms with E-state index in [0.29, 0.717) is 5.92 Å². The van der Waals surface area contributed by atoms with E-state index in [4.69, 9.17) is 16.0 Å². The number of benzene rings is 1. The zero-order chi connectivity index (χ0) is 11.4. The second-order valence-electron chi connectivity index (χ2n) is 3.71. The minimum atomic E-state index is 0.381. The highest BCUT2D eigenvalue weighted by molar-refractivity contribution is 9.09. The summed E-state index contributed by atoms with van der Waals surface area (Å²) in [5, 5.41) is 1.72. The number of hydrogen-bond donors (Lipinski definition) is 0. The lowest BCUT2D eigenvalue weighted by Crippen LogP contribution is -2.04. The molecular formula is C13H12BrClO. The van der Waals surface area contributed by atoms with Crippen LogP contribution < -0.4 is 0 Å². The summed E-state index contributed by atoms with van der Waals surface area (Å²) >= 11 is 9.74. The molecule has 0 saturated carbocycles. The predicted molar refractivity (Wildman–Crippen MR) is 70.4 cm³/mol. The van der Waals surface area contributed by atoms with Crippen molar-refractivity contribution >= 4 is 27.5 Å². The summed E-state index contributed by atoms with van der Waals surface area (Å²) in [7, 11) is 0. The van der Waals surface area contributed by atoms with Gasteiger partial charge >= 0.3 is 0 Å². The maximum absolute atomic E-state index is 6.19. The summed E-state index contributed by atoms with van der Waals surface area (Å²) in [6.07, 6.45) is 4.42. The van der Waals surface area contributed by atoms with E-state index in [1.54, 1.807) is 12.5 Å². The molecule has 0 spiro atoms. The highest BCUT2D eigenvalue weighted by Crippen LogP contribution is 2.28. The molecule has 0 N–H and O–H groups in total. The van der Waals surface area contributed by atoms with Gasteiger partial charge in [0.2, 0.25) is 0 Å². The fourth-order valence-electron chi connectivity index (χ4n) is 1.75. The van der Waals surface area contributed by atoms with Crippen LogP contribution in [0.2, 0.25) is 5.02 Å². The van der Waals surface area contributed by atoms with Gasteiger partial charge in [-0.25, -0.2) is 0 Å². The van der Waals surface area contributed by atoms with Crippen LogP contribution in [0.5, 0.6) is 0 Å². The molecule has 0 fully saturated rings. The number of furan rings is 1. The Hall–Kier alpha value is -0.730. The highest BCUT2D eigenvalue weighted by Gasteiger charge is 2.14. The Morgan fingerprint density at radius 1 is 1.25 bits per heavy atom. The van der Waals surface area contributed by atoms with Crippen LogP contribution in [-0.2, 0) is 6.42 Å². The molecule has 0 radical (unpaired) electrons. The summed E-state index contributed by atoms with van der Waals surface area (Å²) in [6, 6.07) is 9.98. The van der Waals surface area contributed by atoms with E-state index in [9.17, 15) is 0 Å². The zero-order valence-corrected chi connectivity index (χ0v) is 11.0. The monoisotopic (exact) mass is 298 g/mol. The van der Waals surface area contributed by atoms with Gasteiger partial charge in [-0.05, 0) is 35.6 Å². The lowest BCUT2D eigenvalue weighted by molar-refractivity contribution is 0.562. The van der Waals surface area contributed by atoms with Crippen molar-refractivity contribution in [2.24, 2.45) is 0 Å². The second-order valence-corrected chi connectivity index (χ2v) is 4.76. The van der Waals surface area contributed by atoms with Gasteiger partial charge in [0.05, 0.1) is 12.5 Å². The summed E-state index contributed by atoms with van der Waals surface area (Å²) in [4.78, 5) is 0. The fraction of sp³-hybridized carbons (Fsp3) is 0.231. The lowest BCUT2D eigenvalue weighted by Gasteiger charge is -2.14. The van der Waals surface area contributed by atoms with Crippen molar-refractivity contribution in [2.75, 3.05) is 5.33 Å². The van der Waals surface area contributed by atoms with Gasteiger partial charge < -0.3 is 4.42 Å². The van der Waals surface area contributed by atoms with Crippen molar-refractivity contribution in [1.29, 1.82) is 0 Å². The molecule has 1 nitrogen and oxygen atoms in total. The van der Waals surface area contributed by atoms with Crippen LogP contribution in [0.25, 0.3) is 0 Å². The van der Waals surface area contributed by atoms with Crippen molar-refractivity contribution in [1.82, 2.24) is 0 Å². The minimum Gasteiger partial charge on any atom is -0.472 e. The topological polar surface area (TPSA) is 13.1 Å². The molecule has 0 amide bonds. The third kappa shape index (κ3) is 2.69. The number of hydrogen-bond acceptors (Lipinski definition) is 1. The van der Waals surface area contributed by atoms with Gasteiger partial charge in [0.15, 0.2) is 0 Å². The third-order valence-electron chi connectivity index (χ3n) is 2.59. The zero-order valence-electron chi connectivity index (χ0n) is 8.70. The van der Waals surface area contributed by atoms with Crippen LogP contribution in [0.1, 0.15) is 17.0 Å². The Morgan fingerprint density at radius 2 is 2.06 bits per heavy atom. The van der Waals surface area contributed by atoms with Gasteiger partial charge in [0.1, 0.15) is 0 Å². The SMILES string of the molecule is Clc1ccccc1C(CBr)Cc1ccoc1. The number of alkyl halides is 1. The smallest absolute Gasteiger partial charge is 0.0934 e. The summed E-state index contributed by atoms with van der Waals surface area (Å²) in [5.74, 6) is 0.381. The lowest BCUT2D eigenvalue weighted by atomic mass is 9.95.